The van der Waals surface area contributed by atoms with Crippen molar-refractivity contribution in [3.05, 3.63) is 69.8 Å². The molecule has 2 aromatic rings. The Morgan fingerprint density at radius 2 is 1.46 bits per heavy atom. The minimum Gasteiger partial charge on any atom is -0.493 e. The van der Waals surface area contributed by atoms with Gasteiger partial charge in [0.25, 0.3) is 5.69 Å². The molecule has 6 nitrogen and oxygen atoms in total. The number of hydrogen-bond donors (Lipinski definition) is 2. The van der Waals surface area contributed by atoms with Gasteiger partial charge in [-0.25, -0.2) is 0 Å². The van der Waals surface area contributed by atoms with Crippen LogP contribution in [0.1, 0.15) is 11.1 Å². The van der Waals surface area contributed by atoms with E-state index in [0.717, 1.165) is 11.1 Å². The zero-order valence-corrected chi connectivity index (χ0v) is 13.0. The Morgan fingerprint density at radius 1 is 0.958 bits per heavy atom. The molecule has 0 saturated carbocycles. The minimum absolute atomic E-state index is 0.0673. The summed E-state index contributed by atoms with van der Waals surface area (Å²) in [5, 5.41) is 28.6. The van der Waals surface area contributed by atoms with E-state index >= 15 is 0 Å². The first-order valence-corrected chi connectivity index (χ1v) is 7.49. The van der Waals surface area contributed by atoms with Gasteiger partial charge in [-0.15, -0.1) is 0 Å². The van der Waals surface area contributed by atoms with Crippen LogP contribution in [0.2, 0.25) is 0 Å². The van der Waals surface area contributed by atoms with Crippen LogP contribution < -0.4 is 4.74 Å². The molecule has 24 heavy (non-hydrogen) atoms. The van der Waals surface area contributed by atoms with E-state index in [9.17, 15) is 10.1 Å². The highest BCUT2D eigenvalue weighted by Crippen LogP contribution is 2.17. The van der Waals surface area contributed by atoms with E-state index in [1.165, 1.54) is 12.1 Å². The summed E-state index contributed by atoms with van der Waals surface area (Å²) in [6.45, 7) is 0.0180. The molecule has 0 fully saturated rings. The van der Waals surface area contributed by atoms with Crippen LogP contribution in [0.4, 0.5) is 5.69 Å². The van der Waals surface area contributed by atoms with Crippen LogP contribution in [0, 0.1) is 16.0 Å². The molecule has 2 aromatic carbocycles. The molecule has 0 bridgehead atoms. The van der Waals surface area contributed by atoms with Crippen molar-refractivity contribution >= 4 is 17.8 Å². The first kappa shape index (κ1) is 17.7. The second-order valence-electron chi connectivity index (χ2n) is 5.29. The fourth-order valence-electron chi connectivity index (χ4n) is 1.95. The lowest BCUT2D eigenvalue weighted by Gasteiger charge is -2.12. The minimum atomic E-state index is -0.426. The highest BCUT2D eigenvalue weighted by molar-refractivity contribution is 5.70. The number of non-ortho nitro benzene ring substituents is 1. The Hall–Kier alpha value is -2.70. The lowest BCUT2D eigenvalue weighted by Crippen LogP contribution is -2.19. The van der Waals surface area contributed by atoms with Gasteiger partial charge < -0.3 is 14.9 Å². The number of nitro groups is 1. The maximum Gasteiger partial charge on any atom is 0.269 e. The highest BCUT2D eigenvalue weighted by atomic mass is 16.6. The zero-order chi connectivity index (χ0) is 17.4. The van der Waals surface area contributed by atoms with E-state index in [1.54, 1.807) is 24.3 Å². The first-order valence-electron chi connectivity index (χ1n) is 7.49. The van der Waals surface area contributed by atoms with Crippen LogP contribution in [-0.4, -0.2) is 35.0 Å². The summed E-state index contributed by atoms with van der Waals surface area (Å²) in [6, 6.07) is 13.7. The van der Waals surface area contributed by atoms with Gasteiger partial charge in [0.2, 0.25) is 0 Å². The van der Waals surface area contributed by atoms with E-state index in [1.807, 2.05) is 24.3 Å². The average molecular weight is 329 g/mol. The molecule has 0 aliphatic heterocycles. The number of rotatable bonds is 8. The van der Waals surface area contributed by atoms with Crippen molar-refractivity contribution in [2.45, 2.75) is 0 Å². The Labute approximate surface area is 139 Å². The molecule has 0 radical (unpaired) electrons. The van der Waals surface area contributed by atoms with Crippen LogP contribution in [-0.2, 0) is 0 Å². The molecule has 0 unspecified atom stereocenters. The monoisotopic (exact) mass is 329 g/mol. The van der Waals surface area contributed by atoms with E-state index in [2.05, 4.69) is 0 Å². The second-order valence-corrected chi connectivity index (χ2v) is 5.29. The summed E-state index contributed by atoms with van der Waals surface area (Å²) in [7, 11) is 0. The van der Waals surface area contributed by atoms with Gasteiger partial charge in [0, 0.05) is 18.1 Å². The summed E-state index contributed by atoms with van der Waals surface area (Å²) in [5.41, 5.74) is 1.90. The molecule has 0 spiro atoms. The van der Waals surface area contributed by atoms with Crippen molar-refractivity contribution < 1.29 is 19.9 Å². The van der Waals surface area contributed by atoms with Crippen molar-refractivity contribution in [2.24, 2.45) is 5.92 Å². The molecule has 126 valence electrons. The van der Waals surface area contributed by atoms with Gasteiger partial charge >= 0.3 is 0 Å². The highest BCUT2D eigenvalue weighted by Gasteiger charge is 2.06. The predicted molar refractivity (Wildman–Crippen MR) is 91.6 cm³/mol. The molecule has 2 N–H and O–H groups in total. The third-order valence-corrected chi connectivity index (χ3v) is 3.45. The zero-order valence-electron chi connectivity index (χ0n) is 13.0. The molecule has 6 heteroatoms. The first-order chi connectivity index (χ1) is 11.6. The van der Waals surface area contributed by atoms with Crippen LogP contribution in [0.3, 0.4) is 0 Å². The topological polar surface area (TPSA) is 92.8 Å². The number of aliphatic hydroxyl groups is 2. The number of benzene rings is 2. The number of nitro benzene ring substituents is 1. The molecule has 0 amide bonds. The molecule has 0 aliphatic rings. The molecule has 0 aromatic heterocycles. The van der Waals surface area contributed by atoms with Gasteiger partial charge in [-0.3, -0.25) is 10.1 Å². The summed E-state index contributed by atoms with van der Waals surface area (Å²) in [5.74, 6) is 0.376. The molecule has 0 heterocycles. The van der Waals surface area contributed by atoms with E-state index in [4.69, 9.17) is 14.9 Å². The van der Waals surface area contributed by atoms with Gasteiger partial charge in [0.15, 0.2) is 0 Å². The lowest BCUT2D eigenvalue weighted by molar-refractivity contribution is -0.384. The van der Waals surface area contributed by atoms with Crippen LogP contribution in [0.15, 0.2) is 48.5 Å². The second kappa shape index (κ2) is 8.81. The van der Waals surface area contributed by atoms with E-state index < -0.39 is 4.92 Å². The third-order valence-electron chi connectivity index (χ3n) is 3.45. The quantitative estimate of drug-likeness (QED) is 0.441. The van der Waals surface area contributed by atoms with Crippen LogP contribution in [0.25, 0.3) is 12.2 Å². The molecular weight excluding hydrogens is 310 g/mol. The SMILES string of the molecule is O=[N+]([O-])c1ccc(/C=C/c2ccc(OCC(CO)CO)cc2)cc1. The standard InChI is InChI=1S/C18H19NO5/c20-11-16(12-21)13-24-18-9-5-15(6-10-18)2-1-14-3-7-17(8-4-14)19(22)23/h1-10,16,20-21H,11-13H2/b2-1+. The van der Waals surface area contributed by atoms with E-state index in [0.29, 0.717) is 5.75 Å². The number of aliphatic hydroxyl groups excluding tert-OH is 2. The van der Waals surface area contributed by atoms with Crippen molar-refractivity contribution in [3.8, 4) is 5.75 Å². The van der Waals surface area contributed by atoms with Crippen molar-refractivity contribution in [3.63, 3.8) is 0 Å². The normalized spacial score (nSPS) is 11.1. The molecule has 0 aliphatic carbocycles. The van der Waals surface area contributed by atoms with Crippen molar-refractivity contribution in [1.82, 2.24) is 0 Å². The van der Waals surface area contributed by atoms with Gasteiger partial charge in [-0.2, -0.15) is 0 Å². The lowest BCUT2D eigenvalue weighted by atomic mass is 10.1. The Bertz CT molecular complexity index is 676. The maximum absolute atomic E-state index is 10.6. The Morgan fingerprint density at radius 3 is 1.92 bits per heavy atom. The predicted octanol–water partition coefficient (Wildman–Crippen LogP) is 2.74. The maximum atomic E-state index is 10.6. The smallest absolute Gasteiger partial charge is 0.269 e. The van der Waals surface area contributed by atoms with Gasteiger partial charge in [0.05, 0.1) is 24.7 Å². The Kier molecular flexibility index (Phi) is 6.48. The van der Waals surface area contributed by atoms with Crippen LogP contribution in [0.5, 0.6) is 5.75 Å². The third kappa shape index (κ3) is 5.19. The largest absolute Gasteiger partial charge is 0.493 e. The number of hydrogen-bond acceptors (Lipinski definition) is 5. The molecule has 0 saturated heterocycles. The number of nitrogens with zero attached hydrogens (tertiary/aromatic N) is 1. The summed E-state index contributed by atoms with van der Waals surface area (Å²) < 4.78 is 5.50. The number of ether oxygens (including phenoxy) is 1. The average Bonchev–Trinajstić information content (AvgIpc) is 2.62. The fraction of sp³-hybridized carbons (Fsp3) is 0.222. The van der Waals surface area contributed by atoms with Gasteiger partial charge in [0.1, 0.15) is 5.75 Å². The van der Waals surface area contributed by atoms with Crippen molar-refractivity contribution in [1.29, 1.82) is 0 Å². The van der Waals surface area contributed by atoms with Gasteiger partial charge in [-0.05, 0) is 35.4 Å². The fourth-order valence-corrected chi connectivity index (χ4v) is 1.95. The van der Waals surface area contributed by atoms with Gasteiger partial charge in [-0.1, -0.05) is 24.3 Å². The van der Waals surface area contributed by atoms with Crippen LogP contribution >= 0.6 is 0 Å². The molecular formula is C18H19NO5. The summed E-state index contributed by atoms with van der Waals surface area (Å²) >= 11 is 0. The molecule has 2 rings (SSSR count). The van der Waals surface area contributed by atoms with E-state index in [-0.39, 0.29) is 31.4 Å². The van der Waals surface area contributed by atoms with Crippen molar-refractivity contribution in [2.75, 3.05) is 19.8 Å². The molecule has 0 atom stereocenters. The summed E-state index contributed by atoms with van der Waals surface area (Å²) in [4.78, 5) is 10.2. The summed E-state index contributed by atoms with van der Waals surface area (Å²) in [6.07, 6.45) is 3.77. The Balaban J connectivity index is 1.94.